The van der Waals surface area contributed by atoms with Crippen LogP contribution in [-0.2, 0) is 16.6 Å². The number of sulfonamides is 1. The molecule has 0 saturated carbocycles. The van der Waals surface area contributed by atoms with Crippen molar-refractivity contribution in [1.29, 1.82) is 0 Å². The average molecular weight is 518 g/mol. The number of hydrogen-bond donors (Lipinski definition) is 1. The molecule has 0 radical (unpaired) electrons. The summed E-state index contributed by atoms with van der Waals surface area (Å²) in [5.74, 6) is 0.846. The van der Waals surface area contributed by atoms with E-state index in [9.17, 15) is 13.2 Å². The second kappa shape index (κ2) is 9.70. The Kier molecular flexibility index (Phi) is 7.20. The quantitative estimate of drug-likeness (QED) is 0.363. The summed E-state index contributed by atoms with van der Waals surface area (Å²) in [4.78, 5) is 12.3. The van der Waals surface area contributed by atoms with Crippen LogP contribution in [0.15, 0.2) is 62.5 Å². The molecule has 7 nitrogen and oxygen atoms in total. The highest BCUT2D eigenvalue weighted by molar-refractivity contribution is 9.10. The van der Waals surface area contributed by atoms with Gasteiger partial charge in [0.25, 0.3) is 5.91 Å². The smallest absolute Gasteiger partial charge is 0.271 e. The number of carbonyl (C=O) groups excluding carboxylic acids is 1. The number of benzene rings is 2. The molecule has 0 atom stereocenters. The fourth-order valence-electron chi connectivity index (χ4n) is 2.97. The molecule has 0 aliphatic rings. The van der Waals surface area contributed by atoms with Crippen molar-refractivity contribution in [1.82, 2.24) is 5.43 Å². The van der Waals surface area contributed by atoms with Crippen LogP contribution in [0, 0.1) is 20.8 Å². The number of furan rings is 1. The lowest BCUT2D eigenvalue weighted by molar-refractivity contribution is 0.0955. The molecule has 0 saturated heterocycles. The Balaban J connectivity index is 1.70. The number of nitrogens with one attached hydrogen (secondary N) is 1. The first-order valence-electron chi connectivity index (χ1n) is 9.78. The lowest BCUT2D eigenvalue weighted by Crippen LogP contribution is -2.29. The first-order chi connectivity index (χ1) is 15.0. The second-order valence-electron chi connectivity index (χ2n) is 7.49. The SMILES string of the molecule is Cc1ccc(N(Cc2ccc(C(=O)N/N=C/c3cc(Br)c(C)o3)cc2)S(C)(=O)=O)cc1C. The van der Waals surface area contributed by atoms with Crippen molar-refractivity contribution >= 4 is 43.8 Å². The van der Waals surface area contributed by atoms with Gasteiger partial charge in [0.15, 0.2) is 0 Å². The summed E-state index contributed by atoms with van der Waals surface area (Å²) < 4.78 is 32.4. The molecule has 0 bridgehead atoms. The van der Waals surface area contributed by atoms with Crippen LogP contribution in [0.4, 0.5) is 5.69 Å². The topological polar surface area (TPSA) is 92.0 Å². The fourth-order valence-corrected chi connectivity index (χ4v) is 4.16. The van der Waals surface area contributed by atoms with Crippen molar-refractivity contribution in [2.45, 2.75) is 27.3 Å². The van der Waals surface area contributed by atoms with Gasteiger partial charge in [-0.2, -0.15) is 5.10 Å². The maximum absolute atomic E-state index is 12.4. The molecule has 0 unspecified atom stereocenters. The Labute approximate surface area is 196 Å². The molecule has 9 heteroatoms. The van der Waals surface area contributed by atoms with Gasteiger partial charge in [-0.1, -0.05) is 18.2 Å². The van der Waals surface area contributed by atoms with E-state index in [1.165, 1.54) is 16.8 Å². The highest BCUT2D eigenvalue weighted by atomic mass is 79.9. The lowest BCUT2D eigenvalue weighted by atomic mass is 10.1. The lowest BCUT2D eigenvalue weighted by Gasteiger charge is -2.23. The number of hydrazone groups is 1. The fraction of sp³-hybridized carbons (Fsp3) is 0.217. The molecular weight excluding hydrogens is 494 g/mol. The van der Waals surface area contributed by atoms with Crippen molar-refractivity contribution in [2.24, 2.45) is 5.10 Å². The van der Waals surface area contributed by atoms with E-state index < -0.39 is 10.0 Å². The Morgan fingerprint density at radius 2 is 1.78 bits per heavy atom. The molecule has 0 aliphatic carbocycles. The molecule has 1 aromatic heterocycles. The number of halogens is 1. The van der Waals surface area contributed by atoms with Gasteiger partial charge in [0.05, 0.1) is 29.2 Å². The van der Waals surface area contributed by atoms with Gasteiger partial charge < -0.3 is 4.42 Å². The van der Waals surface area contributed by atoms with Gasteiger partial charge in [-0.15, -0.1) is 0 Å². The van der Waals surface area contributed by atoms with E-state index in [2.05, 4.69) is 26.5 Å². The zero-order chi connectivity index (χ0) is 23.5. The standard InChI is InChI=1S/C23H24BrN3O4S/c1-15-5-10-20(11-16(15)2)27(32(4,29)30)14-18-6-8-19(9-7-18)23(28)26-25-13-21-12-22(24)17(3)31-21/h5-13H,14H2,1-4H3,(H,26,28)/b25-13+. The van der Waals surface area contributed by atoms with Crippen LogP contribution in [0.5, 0.6) is 0 Å². The first kappa shape index (κ1) is 23.7. The van der Waals surface area contributed by atoms with Crippen LogP contribution in [-0.4, -0.2) is 26.8 Å². The third-order valence-electron chi connectivity index (χ3n) is 4.96. The van der Waals surface area contributed by atoms with E-state index in [1.807, 2.05) is 32.9 Å². The number of nitrogens with zero attached hydrogens (tertiary/aromatic N) is 2. The summed E-state index contributed by atoms with van der Waals surface area (Å²) in [5, 5.41) is 3.90. The van der Waals surface area contributed by atoms with Crippen LogP contribution in [0.3, 0.4) is 0 Å². The zero-order valence-corrected chi connectivity index (χ0v) is 20.6. The summed E-state index contributed by atoms with van der Waals surface area (Å²) in [6.45, 7) is 5.90. The minimum absolute atomic E-state index is 0.161. The predicted octanol–water partition coefficient (Wildman–Crippen LogP) is 4.70. The molecule has 1 amide bonds. The van der Waals surface area contributed by atoms with Gasteiger partial charge in [-0.05, 0) is 77.7 Å². The van der Waals surface area contributed by atoms with Crippen molar-refractivity contribution in [3.05, 3.63) is 86.8 Å². The van der Waals surface area contributed by atoms with Crippen LogP contribution in [0.1, 0.15) is 38.6 Å². The van der Waals surface area contributed by atoms with E-state index in [0.717, 1.165) is 26.9 Å². The van der Waals surface area contributed by atoms with Gasteiger partial charge in [0.2, 0.25) is 10.0 Å². The van der Waals surface area contributed by atoms with Gasteiger partial charge in [-0.3, -0.25) is 9.10 Å². The number of carbonyl (C=O) groups is 1. The summed E-state index contributed by atoms with van der Waals surface area (Å²) in [5.41, 5.74) is 6.31. The Morgan fingerprint density at radius 3 is 2.34 bits per heavy atom. The van der Waals surface area contributed by atoms with Crippen LogP contribution in [0.25, 0.3) is 0 Å². The minimum atomic E-state index is -3.49. The van der Waals surface area contributed by atoms with E-state index in [0.29, 0.717) is 17.0 Å². The van der Waals surface area contributed by atoms with Crippen LogP contribution in [0.2, 0.25) is 0 Å². The molecule has 32 heavy (non-hydrogen) atoms. The van der Waals surface area contributed by atoms with Crippen molar-refractivity contribution in [3.63, 3.8) is 0 Å². The van der Waals surface area contributed by atoms with E-state index in [-0.39, 0.29) is 12.5 Å². The second-order valence-corrected chi connectivity index (χ2v) is 10.2. The molecule has 1 heterocycles. The maximum atomic E-state index is 12.4. The Morgan fingerprint density at radius 1 is 1.09 bits per heavy atom. The normalized spacial score (nSPS) is 11.7. The number of amides is 1. The van der Waals surface area contributed by atoms with Crippen LogP contribution < -0.4 is 9.73 Å². The van der Waals surface area contributed by atoms with Gasteiger partial charge in [0, 0.05) is 11.6 Å². The highest BCUT2D eigenvalue weighted by Gasteiger charge is 2.18. The largest absolute Gasteiger partial charge is 0.459 e. The molecule has 0 aliphatic heterocycles. The first-order valence-corrected chi connectivity index (χ1v) is 12.4. The number of rotatable bonds is 7. The molecule has 168 valence electrons. The molecule has 3 rings (SSSR count). The summed E-state index contributed by atoms with van der Waals surface area (Å²) in [6.07, 6.45) is 2.60. The minimum Gasteiger partial charge on any atom is -0.459 e. The zero-order valence-electron chi connectivity index (χ0n) is 18.2. The third kappa shape index (κ3) is 5.86. The molecular formula is C23H24BrN3O4S. The van der Waals surface area contributed by atoms with E-state index in [4.69, 9.17) is 4.42 Å². The van der Waals surface area contributed by atoms with Gasteiger partial charge in [0.1, 0.15) is 11.5 Å². The Bertz CT molecular complexity index is 1250. The van der Waals surface area contributed by atoms with Crippen molar-refractivity contribution in [3.8, 4) is 0 Å². The number of aryl methyl sites for hydroxylation is 3. The highest BCUT2D eigenvalue weighted by Crippen LogP contribution is 2.24. The average Bonchev–Trinajstić information content (AvgIpc) is 3.05. The van der Waals surface area contributed by atoms with E-state index >= 15 is 0 Å². The van der Waals surface area contributed by atoms with Crippen molar-refractivity contribution < 1.29 is 17.6 Å². The summed E-state index contributed by atoms with van der Waals surface area (Å²) >= 11 is 3.35. The molecule has 1 N–H and O–H groups in total. The van der Waals surface area contributed by atoms with E-state index in [1.54, 1.807) is 36.4 Å². The van der Waals surface area contributed by atoms with Gasteiger partial charge >= 0.3 is 0 Å². The summed E-state index contributed by atoms with van der Waals surface area (Å²) in [6, 6.07) is 14.0. The predicted molar refractivity (Wildman–Crippen MR) is 130 cm³/mol. The number of anilines is 1. The summed E-state index contributed by atoms with van der Waals surface area (Å²) in [7, 11) is -3.49. The maximum Gasteiger partial charge on any atom is 0.271 e. The monoisotopic (exact) mass is 517 g/mol. The van der Waals surface area contributed by atoms with Crippen molar-refractivity contribution in [2.75, 3.05) is 10.6 Å². The van der Waals surface area contributed by atoms with Crippen LogP contribution >= 0.6 is 15.9 Å². The molecule has 0 fully saturated rings. The van der Waals surface area contributed by atoms with Gasteiger partial charge in [-0.25, -0.2) is 13.8 Å². The number of hydrogen-bond acceptors (Lipinski definition) is 5. The Hall–Kier alpha value is -2.91. The molecule has 0 spiro atoms. The molecule has 2 aromatic carbocycles. The molecule has 3 aromatic rings. The third-order valence-corrected chi connectivity index (χ3v) is 6.88.